The molecule has 0 radical (unpaired) electrons. The molecule has 8 nitrogen and oxygen atoms in total. The molecule has 10 heteroatoms. The number of nitrogens with zero attached hydrogens (tertiary/aromatic N) is 4. The molecule has 2 aliphatic heterocycles. The number of aromatic nitrogens is 2. The summed E-state index contributed by atoms with van der Waals surface area (Å²) in [7, 11) is -3.21. The van der Waals surface area contributed by atoms with Crippen LogP contribution in [-0.4, -0.2) is 49.9 Å². The van der Waals surface area contributed by atoms with Crippen molar-refractivity contribution in [1.29, 1.82) is 0 Å². The Labute approximate surface area is 174 Å². The summed E-state index contributed by atoms with van der Waals surface area (Å²) >= 11 is 5.80. The first-order valence-corrected chi connectivity index (χ1v) is 11.6. The molecule has 29 heavy (non-hydrogen) atoms. The monoisotopic (exact) mass is 435 g/mol. The number of nitrogens with one attached hydrogen (secondary N) is 1. The van der Waals surface area contributed by atoms with Crippen LogP contribution in [0.3, 0.4) is 0 Å². The topological polar surface area (TPSA) is 95.5 Å². The van der Waals surface area contributed by atoms with E-state index >= 15 is 0 Å². The van der Waals surface area contributed by atoms with Gasteiger partial charge in [0.2, 0.25) is 15.9 Å². The van der Waals surface area contributed by atoms with Gasteiger partial charge in [0.05, 0.1) is 17.4 Å². The zero-order valence-corrected chi connectivity index (χ0v) is 17.4. The fourth-order valence-electron chi connectivity index (χ4n) is 3.76. The molecule has 2 aromatic rings. The molecule has 3 heterocycles. The summed E-state index contributed by atoms with van der Waals surface area (Å²) in [6.07, 6.45) is 2.32. The molecule has 0 aliphatic carbocycles. The average Bonchev–Trinajstić information content (AvgIpc) is 3.08. The molecule has 2 aliphatic rings. The fourth-order valence-corrected chi connectivity index (χ4v) is 5.43. The van der Waals surface area contributed by atoms with Crippen molar-refractivity contribution in [2.24, 2.45) is 5.92 Å². The van der Waals surface area contributed by atoms with Gasteiger partial charge in [0.1, 0.15) is 0 Å². The molecule has 154 valence electrons. The Morgan fingerprint density at radius 2 is 1.86 bits per heavy atom. The Morgan fingerprint density at radius 1 is 1.07 bits per heavy atom. The predicted molar refractivity (Wildman–Crippen MR) is 113 cm³/mol. The van der Waals surface area contributed by atoms with E-state index in [1.165, 1.54) is 4.31 Å². The van der Waals surface area contributed by atoms with Gasteiger partial charge in [-0.2, -0.15) is 0 Å². The van der Waals surface area contributed by atoms with Crippen LogP contribution >= 0.6 is 11.6 Å². The number of hydrogen-bond donors (Lipinski definition) is 1. The number of rotatable bonds is 4. The quantitative estimate of drug-likeness (QED) is 0.792. The Kier molecular flexibility index (Phi) is 5.60. The van der Waals surface area contributed by atoms with Crippen LogP contribution in [0.2, 0.25) is 5.15 Å². The van der Waals surface area contributed by atoms with Crippen molar-refractivity contribution in [1.82, 2.24) is 10.2 Å². The van der Waals surface area contributed by atoms with Crippen molar-refractivity contribution in [3.05, 3.63) is 41.6 Å². The van der Waals surface area contributed by atoms with E-state index in [-0.39, 0.29) is 17.6 Å². The number of carbonyl (C=O) groups is 1. The van der Waals surface area contributed by atoms with E-state index in [4.69, 9.17) is 11.6 Å². The van der Waals surface area contributed by atoms with Gasteiger partial charge < -0.3 is 10.2 Å². The molecular weight excluding hydrogens is 414 g/mol. The van der Waals surface area contributed by atoms with E-state index < -0.39 is 10.0 Å². The third kappa shape index (κ3) is 4.45. The molecule has 0 spiro atoms. The molecule has 1 N–H and O–H groups in total. The summed E-state index contributed by atoms with van der Waals surface area (Å²) in [5.41, 5.74) is 1.28. The normalized spacial score (nSPS) is 21.2. The SMILES string of the molecule is O=C(Nc1ccc(N2CCCS2(=O)=O)cc1)[C@H]1CCCN(c2ccc(Cl)nn2)C1. The zero-order chi connectivity index (χ0) is 20.4. The molecule has 2 saturated heterocycles. The average molecular weight is 436 g/mol. The molecule has 2 fully saturated rings. The molecule has 0 bridgehead atoms. The minimum absolute atomic E-state index is 0.0573. The minimum Gasteiger partial charge on any atom is -0.354 e. The van der Waals surface area contributed by atoms with Gasteiger partial charge in [-0.15, -0.1) is 10.2 Å². The highest BCUT2D eigenvalue weighted by Crippen LogP contribution is 2.26. The first kappa shape index (κ1) is 19.9. The lowest BCUT2D eigenvalue weighted by molar-refractivity contribution is -0.120. The number of carbonyl (C=O) groups excluding carboxylic acids is 1. The first-order valence-electron chi connectivity index (χ1n) is 9.58. The van der Waals surface area contributed by atoms with Gasteiger partial charge in [0.25, 0.3) is 0 Å². The van der Waals surface area contributed by atoms with Crippen LogP contribution in [0.1, 0.15) is 19.3 Å². The van der Waals surface area contributed by atoms with Crippen molar-refractivity contribution >= 4 is 44.7 Å². The molecule has 1 amide bonds. The maximum atomic E-state index is 12.7. The Balaban J connectivity index is 1.39. The fraction of sp³-hybridized carbons (Fsp3) is 0.421. The molecule has 0 saturated carbocycles. The highest BCUT2D eigenvalue weighted by molar-refractivity contribution is 7.93. The molecule has 1 aromatic carbocycles. The van der Waals surface area contributed by atoms with E-state index in [1.807, 2.05) is 4.90 Å². The van der Waals surface area contributed by atoms with Crippen molar-refractivity contribution in [2.45, 2.75) is 19.3 Å². The first-order chi connectivity index (χ1) is 13.9. The second-order valence-electron chi connectivity index (χ2n) is 7.28. The van der Waals surface area contributed by atoms with Crippen molar-refractivity contribution in [3.8, 4) is 0 Å². The van der Waals surface area contributed by atoms with Crippen LogP contribution in [0, 0.1) is 5.92 Å². The smallest absolute Gasteiger partial charge is 0.235 e. The summed E-state index contributed by atoms with van der Waals surface area (Å²) in [5.74, 6) is 0.669. The van der Waals surface area contributed by atoms with Gasteiger partial charge in [-0.25, -0.2) is 8.42 Å². The highest BCUT2D eigenvalue weighted by Gasteiger charge is 2.29. The van der Waals surface area contributed by atoms with Crippen molar-refractivity contribution < 1.29 is 13.2 Å². The van der Waals surface area contributed by atoms with E-state index in [2.05, 4.69) is 15.5 Å². The minimum atomic E-state index is -3.21. The number of halogens is 1. The Hall–Kier alpha value is -2.39. The van der Waals surface area contributed by atoms with E-state index in [9.17, 15) is 13.2 Å². The number of piperidine rings is 1. The molecule has 1 atom stereocenters. The van der Waals surface area contributed by atoms with Crippen LogP contribution < -0.4 is 14.5 Å². The van der Waals surface area contributed by atoms with E-state index in [1.54, 1.807) is 36.4 Å². The summed E-state index contributed by atoms with van der Waals surface area (Å²) in [6, 6.07) is 10.4. The maximum Gasteiger partial charge on any atom is 0.235 e. The number of sulfonamides is 1. The summed E-state index contributed by atoms with van der Waals surface area (Å²) in [4.78, 5) is 14.8. The summed E-state index contributed by atoms with van der Waals surface area (Å²) in [6.45, 7) is 1.88. The second kappa shape index (κ2) is 8.16. The van der Waals surface area contributed by atoms with Gasteiger partial charge in [-0.1, -0.05) is 11.6 Å². The number of anilines is 3. The number of hydrogen-bond acceptors (Lipinski definition) is 6. The summed E-state index contributed by atoms with van der Waals surface area (Å²) in [5, 5.41) is 11.2. The van der Waals surface area contributed by atoms with Crippen LogP contribution in [-0.2, 0) is 14.8 Å². The Morgan fingerprint density at radius 3 is 2.52 bits per heavy atom. The lowest BCUT2D eigenvalue weighted by atomic mass is 9.97. The molecule has 4 rings (SSSR count). The summed E-state index contributed by atoms with van der Waals surface area (Å²) < 4.78 is 25.5. The van der Waals surface area contributed by atoms with Crippen LogP contribution in [0.4, 0.5) is 17.2 Å². The maximum absolute atomic E-state index is 12.7. The third-order valence-corrected chi connectivity index (χ3v) is 7.33. The van der Waals surface area contributed by atoms with Gasteiger partial charge in [0.15, 0.2) is 11.0 Å². The zero-order valence-electron chi connectivity index (χ0n) is 15.8. The highest BCUT2D eigenvalue weighted by atomic mass is 35.5. The number of amides is 1. The van der Waals surface area contributed by atoms with E-state index in [0.717, 1.165) is 19.4 Å². The van der Waals surface area contributed by atoms with Gasteiger partial charge >= 0.3 is 0 Å². The van der Waals surface area contributed by atoms with Crippen LogP contribution in [0.5, 0.6) is 0 Å². The van der Waals surface area contributed by atoms with Crippen molar-refractivity contribution in [3.63, 3.8) is 0 Å². The number of benzene rings is 1. The van der Waals surface area contributed by atoms with Gasteiger partial charge in [0, 0.05) is 25.3 Å². The van der Waals surface area contributed by atoms with Crippen LogP contribution in [0.15, 0.2) is 36.4 Å². The Bertz CT molecular complexity index is 982. The molecule has 1 aromatic heterocycles. The van der Waals surface area contributed by atoms with E-state index in [0.29, 0.717) is 41.9 Å². The van der Waals surface area contributed by atoms with Gasteiger partial charge in [-0.05, 0) is 55.7 Å². The lowest BCUT2D eigenvalue weighted by Crippen LogP contribution is -2.41. The van der Waals surface area contributed by atoms with Crippen molar-refractivity contribution in [2.75, 3.05) is 39.9 Å². The molecule has 0 unspecified atom stereocenters. The second-order valence-corrected chi connectivity index (χ2v) is 9.68. The van der Waals surface area contributed by atoms with Gasteiger partial charge in [-0.3, -0.25) is 9.10 Å². The standard InChI is InChI=1S/C19H22ClN5O3S/c20-17-8-9-18(23-22-17)24-10-1-3-14(13-24)19(26)21-15-4-6-16(7-5-15)25-11-2-12-29(25,27)28/h4-9,14H,1-3,10-13H2,(H,21,26)/t14-/m0/s1. The lowest BCUT2D eigenvalue weighted by Gasteiger charge is -2.32. The van der Waals surface area contributed by atoms with Crippen LogP contribution in [0.25, 0.3) is 0 Å². The largest absolute Gasteiger partial charge is 0.354 e. The third-order valence-electron chi connectivity index (χ3n) is 5.26. The predicted octanol–water partition coefficient (Wildman–Crippen LogP) is 2.53. The molecular formula is C19H22ClN5O3S.